The van der Waals surface area contributed by atoms with E-state index >= 15 is 0 Å². The van der Waals surface area contributed by atoms with E-state index < -0.39 is 0 Å². The van der Waals surface area contributed by atoms with Crippen molar-refractivity contribution in [3.8, 4) is 11.3 Å². The molecule has 3 aromatic rings. The first-order chi connectivity index (χ1) is 13.6. The summed E-state index contributed by atoms with van der Waals surface area (Å²) < 4.78 is 0. The van der Waals surface area contributed by atoms with Crippen molar-refractivity contribution in [3.05, 3.63) is 76.4 Å². The number of carbonyl (C=O) groups excluding carboxylic acids is 1. The molecule has 28 heavy (non-hydrogen) atoms. The minimum Gasteiger partial charge on any atom is -0.295 e. The number of nitrogens with zero attached hydrogens (tertiary/aromatic N) is 3. The van der Waals surface area contributed by atoms with Crippen LogP contribution in [-0.2, 0) is 24.3 Å². The molecule has 0 atom stereocenters. The first-order valence-electron chi connectivity index (χ1n) is 9.28. The summed E-state index contributed by atoms with van der Waals surface area (Å²) in [5, 5.41) is 3.35. The van der Waals surface area contributed by atoms with Gasteiger partial charge in [0.2, 0.25) is 11.9 Å². The Kier molecular flexibility index (Phi) is 5.37. The van der Waals surface area contributed by atoms with Crippen LogP contribution in [-0.4, -0.2) is 27.3 Å². The van der Waals surface area contributed by atoms with E-state index in [2.05, 4.69) is 44.5 Å². The topological polar surface area (TPSA) is 58.1 Å². The summed E-state index contributed by atoms with van der Waals surface area (Å²) in [4.78, 5) is 23.2. The maximum absolute atomic E-state index is 11.5. The van der Waals surface area contributed by atoms with Crippen LogP contribution in [0.4, 0.5) is 5.95 Å². The molecule has 2 aromatic carbocycles. The number of fused-ring (bicyclic) bond motifs is 1. The molecule has 1 aliphatic rings. The monoisotopic (exact) mass is 392 g/mol. The zero-order valence-electron chi connectivity index (χ0n) is 15.7. The lowest BCUT2D eigenvalue weighted by molar-refractivity contribution is -0.114. The number of aromatic nitrogens is 2. The quantitative estimate of drug-likeness (QED) is 0.718. The van der Waals surface area contributed by atoms with Gasteiger partial charge in [0, 0.05) is 49.1 Å². The minimum absolute atomic E-state index is 0.188. The van der Waals surface area contributed by atoms with Crippen molar-refractivity contribution in [2.24, 2.45) is 0 Å². The number of amides is 1. The average Bonchev–Trinajstić information content (AvgIpc) is 2.68. The highest BCUT2D eigenvalue weighted by Crippen LogP contribution is 2.33. The number of halogens is 1. The highest BCUT2D eigenvalue weighted by atomic mass is 35.5. The SMILES string of the molecule is CC(=O)Nc1nc2c(c(-c3ccccc3Cl)n1)CN(Cc1ccccc1)CC2. The lowest BCUT2D eigenvalue weighted by Gasteiger charge is -2.30. The number of carbonyl (C=O) groups is 1. The zero-order valence-corrected chi connectivity index (χ0v) is 16.4. The van der Waals surface area contributed by atoms with Gasteiger partial charge in [-0.2, -0.15) is 0 Å². The van der Waals surface area contributed by atoms with Crippen molar-refractivity contribution < 1.29 is 4.79 Å². The smallest absolute Gasteiger partial charge is 0.230 e. The molecule has 0 spiro atoms. The third kappa shape index (κ3) is 4.06. The molecular formula is C22H21ClN4O. The van der Waals surface area contributed by atoms with Gasteiger partial charge in [-0.25, -0.2) is 9.97 Å². The van der Waals surface area contributed by atoms with Gasteiger partial charge < -0.3 is 0 Å². The second-order valence-electron chi connectivity index (χ2n) is 6.93. The van der Waals surface area contributed by atoms with Crippen molar-refractivity contribution in [1.29, 1.82) is 0 Å². The molecule has 0 saturated heterocycles. The Morgan fingerprint density at radius 3 is 2.61 bits per heavy atom. The molecule has 0 bridgehead atoms. The van der Waals surface area contributed by atoms with Crippen LogP contribution < -0.4 is 5.32 Å². The predicted octanol–water partition coefficient (Wildman–Crippen LogP) is 4.31. The van der Waals surface area contributed by atoms with E-state index in [1.165, 1.54) is 12.5 Å². The van der Waals surface area contributed by atoms with Crippen LogP contribution in [0.1, 0.15) is 23.7 Å². The van der Waals surface area contributed by atoms with E-state index in [-0.39, 0.29) is 5.91 Å². The summed E-state index contributed by atoms with van der Waals surface area (Å²) in [6, 6.07) is 18.1. The van der Waals surface area contributed by atoms with Gasteiger partial charge in [0.15, 0.2) is 0 Å². The second kappa shape index (κ2) is 8.09. The molecule has 142 valence electrons. The largest absolute Gasteiger partial charge is 0.295 e. The molecular weight excluding hydrogens is 372 g/mol. The van der Waals surface area contributed by atoms with E-state index in [1.54, 1.807) is 0 Å². The van der Waals surface area contributed by atoms with E-state index in [0.29, 0.717) is 11.0 Å². The van der Waals surface area contributed by atoms with E-state index in [4.69, 9.17) is 11.6 Å². The lowest BCUT2D eigenvalue weighted by Crippen LogP contribution is -2.31. The van der Waals surface area contributed by atoms with Crippen molar-refractivity contribution in [2.75, 3.05) is 11.9 Å². The van der Waals surface area contributed by atoms with Gasteiger partial charge in [-0.3, -0.25) is 15.0 Å². The van der Waals surface area contributed by atoms with Gasteiger partial charge in [-0.15, -0.1) is 0 Å². The molecule has 1 aromatic heterocycles. The highest BCUT2D eigenvalue weighted by Gasteiger charge is 2.24. The summed E-state index contributed by atoms with van der Waals surface area (Å²) in [6.07, 6.45) is 0.800. The number of benzene rings is 2. The molecule has 1 amide bonds. The van der Waals surface area contributed by atoms with E-state index in [9.17, 15) is 4.79 Å². The van der Waals surface area contributed by atoms with Gasteiger partial charge in [0.1, 0.15) is 0 Å². The zero-order chi connectivity index (χ0) is 19.5. The molecule has 0 aliphatic carbocycles. The summed E-state index contributed by atoms with van der Waals surface area (Å²) in [6.45, 7) is 3.97. The third-order valence-corrected chi connectivity index (χ3v) is 5.13. The normalized spacial score (nSPS) is 13.8. The number of rotatable bonds is 4. The van der Waals surface area contributed by atoms with Crippen LogP contribution in [0.2, 0.25) is 5.02 Å². The Hall–Kier alpha value is -2.76. The minimum atomic E-state index is -0.188. The van der Waals surface area contributed by atoms with Crippen molar-refractivity contribution in [1.82, 2.24) is 14.9 Å². The summed E-state index contributed by atoms with van der Waals surface area (Å²) in [5.41, 5.74) is 4.97. The fourth-order valence-corrected chi connectivity index (χ4v) is 3.76. The molecule has 0 unspecified atom stereocenters. The van der Waals surface area contributed by atoms with Gasteiger partial charge in [0.05, 0.1) is 11.4 Å². The standard InChI is InChI=1S/C22H21ClN4O/c1-15(28)24-22-25-20-11-12-27(13-16-7-3-2-4-8-16)14-18(20)21(26-22)17-9-5-6-10-19(17)23/h2-10H,11-14H2,1H3,(H,24,25,26,28). The van der Waals surface area contributed by atoms with Crippen LogP contribution in [0.25, 0.3) is 11.3 Å². The molecule has 4 rings (SSSR count). The Morgan fingerprint density at radius 1 is 1.11 bits per heavy atom. The van der Waals surface area contributed by atoms with Crippen LogP contribution in [0.3, 0.4) is 0 Å². The Balaban J connectivity index is 1.73. The van der Waals surface area contributed by atoms with E-state index in [1.807, 2.05) is 30.3 Å². The number of nitrogens with one attached hydrogen (secondary N) is 1. The van der Waals surface area contributed by atoms with Crippen LogP contribution in [0, 0.1) is 0 Å². The van der Waals surface area contributed by atoms with Gasteiger partial charge in [-0.1, -0.05) is 60.1 Å². The molecule has 1 aliphatic heterocycles. The Labute approximate surface area is 169 Å². The number of hydrogen-bond acceptors (Lipinski definition) is 4. The first-order valence-corrected chi connectivity index (χ1v) is 9.66. The number of hydrogen-bond donors (Lipinski definition) is 1. The maximum Gasteiger partial charge on any atom is 0.230 e. The third-order valence-electron chi connectivity index (χ3n) is 4.81. The highest BCUT2D eigenvalue weighted by molar-refractivity contribution is 6.33. The molecule has 0 fully saturated rings. The van der Waals surface area contributed by atoms with Crippen molar-refractivity contribution >= 4 is 23.5 Å². The molecule has 6 heteroatoms. The van der Waals surface area contributed by atoms with Gasteiger partial charge >= 0.3 is 0 Å². The summed E-state index contributed by atoms with van der Waals surface area (Å²) in [5.74, 6) is 0.143. The van der Waals surface area contributed by atoms with Gasteiger partial charge in [-0.05, 0) is 11.6 Å². The van der Waals surface area contributed by atoms with Crippen LogP contribution >= 0.6 is 11.6 Å². The molecule has 2 heterocycles. The first kappa shape index (κ1) is 18.6. The van der Waals surface area contributed by atoms with E-state index in [0.717, 1.165) is 48.6 Å². The number of anilines is 1. The lowest BCUT2D eigenvalue weighted by atomic mass is 9.98. The summed E-state index contributed by atoms with van der Waals surface area (Å²) >= 11 is 6.46. The van der Waals surface area contributed by atoms with Crippen molar-refractivity contribution in [3.63, 3.8) is 0 Å². The second-order valence-corrected chi connectivity index (χ2v) is 7.34. The average molecular weight is 393 g/mol. The predicted molar refractivity (Wildman–Crippen MR) is 111 cm³/mol. The van der Waals surface area contributed by atoms with Crippen LogP contribution in [0.5, 0.6) is 0 Å². The molecule has 1 N–H and O–H groups in total. The Morgan fingerprint density at radius 2 is 1.86 bits per heavy atom. The Bertz CT molecular complexity index is 1010. The fraction of sp³-hybridized carbons (Fsp3) is 0.227. The van der Waals surface area contributed by atoms with Crippen molar-refractivity contribution in [2.45, 2.75) is 26.4 Å². The molecule has 5 nitrogen and oxygen atoms in total. The summed E-state index contributed by atoms with van der Waals surface area (Å²) in [7, 11) is 0. The van der Waals surface area contributed by atoms with Gasteiger partial charge in [0.25, 0.3) is 0 Å². The molecule has 0 saturated carbocycles. The fourth-order valence-electron chi connectivity index (χ4n) is 3.54. The van der Waals surface area contributed by atoms with Crippen LogP contribution in [0.15, 0.2) is 54.6 Å². The maximum atomic E-state index is 11.5. The molecule has 0 radical (unpaired) electrons.